The Kier molecular flexibility index (Phi) is 4.81. The lowest BCUT2D eigenvalue weighted by Crippen LogP contribution is -2.64. The van der Waals surface area contributed by atoms with Gasteiger partial charge in [-0.15, -0.1) is 0 Å². The zero-order valence-electron chi connectivity index (χ0n) is 12.3. The molecular formula is C13H26N2O4. The molecule has 1 aliphatic heterocycles. The van der Waals surface area contributed by atoms with Crippen molar-refractivity contribution in [2.75, 3.05) is 26.4 Å². The number of nitrogens with one attached hydrogen (secondary N) is 1. The highest BCUT2D eigenvalue weighted by atomic mass is 16.6. The number of amides is 1. The number of hydrogen-bond acceptors (Lipinski definition) is 5. The van der Waals surface area contributed by atoms with E-state index in [0.717, 1.165) is 0 Å². The molecule has 112 valence electrons. The van der Waals surface area contributed by atoms with Crippen LogP contribution in [-0.4, -0.2) is 48.7 Å². The average Bonchev–Trinajstić information content (AvgIpc) is 2.75. The summed E-state index contributed by atoms with van der Waals surface area (Å²) >= 11 is 0. The molecule has 6 nitrogen and oxygen atoms in total. The number of carbonyl (C=O) groups is 1. The van der Waals surface area contributed by atoms with Gasteiger partial charge in [-0.1, -0.05) is 6.92 Å². The number of rotatable bonds is 4. The molecule has 0 aliphatic carbocycles. The Hall–Kier alpha value is -0.850. The Morgan fingerprint density at radius 2 is 2.11 bits per heavy atom. The number of nitrogens with two attached hydrogens (primary N) is 1. The zero-order chi connectivity index (χ0) is 14.7. The van der Waals surface area contributed by atoms with Crippen LogP contribution in [-0.2, 0) is 9.47 Å². The van der Waals surface area contributed by atoms with Crippen LogP contribution >= 0.6 is 0 Å². The SMILES string of the molecule is CC(C)(C)OC(=O)NC1(C(C)(CN)CO)CCOC1. The van der Waals surface area contributed by atoms with Crippen LogP contribution in [0.2, 0.25) is 0 Å². The molecule has 1 fully saturated rings. The van der Waals surface area contributed by atoms with Gasteiger partial charge in [0.15, 0.2) is 0 Å². The van der Waals surface area contributed by atoms with Gasteiger partial charge in [0.25, 0.3) is 0 Å². The van der Waals surface area contributed by atoms with Gasteiger partial charge in [0.1, 0.15) is 5.60 Å². The molecule has 1 aliphatic rings. The predicted molar refractivity (Wildman–Crippen MR) is 71.8 cm³/mol. The molecule has 2 atom stereocenters. The number of ether oxygens (including phenoxy) is 2. The minimum Gasteiger partial charge on any atom is -0.444 e. The summed E-state index contributed by atoms with van der Waals surface area (Å²) in [4.78, 5) is 12.0. The Morgan fingerprint density at radius 1 is 1.47 bits per heavy atom. The van der Waals surface area contributed by atoms with Gasteiger partial charge >= 0.3 is 6.09 Å². The maximum absolute atomic E-state index is 12.0. The van der Waals surface area contributed by atoms with E-state index in [2.05, 4.69) is 5.32 Å². The predicted octanol–water partition coefficient (Wildman–Crippen LogP) is 0.628. The minimum atomic E-state index is -0.682. The highest BCUT2D eigenvalue weighted by Gasteiger charge is 2.51. The lowest BCUT2D eigenvalue weighted by Gasteiger charge is -2.44. The monoisotopic (exact) mass is 274 g/mol. The van der Waals surface area contributed by atoms with Crippen LogP contribution in [0, 0.1) is 5.41 Å². The van der Waals surface area contributed by atoms with Gasteiger partial charge in [-0.3, -0.25) is 0 Å². The number of alkyl carbamates (subject to hydrolysis) is 1. The lowest BCUT2D eigenvalue weighted by molar-refractivity contribution is 0.00632. The number of aliphatic hydroxyl groups excluding tert-OH is 1. The minimum absolute atomic E-state index is 0.122. The summed E-state index contributed by atoms with van der Waals surface area (Å²) in [5, 5.41) is 12.5. The van der Waals surface area contributed by atoms with Crippen LogP contribution in [0.5, 0.6) is 0 Å². The van der Waals surface area contributed by atoms with Crippen LogP contribution in [0.15, 0.2) is 0 Å². The topological polar surface area (TPSA) is 93.8 Å². The Labute approximate surface area is 114 Å². The first kappa shape index (κ1) is 16.2. The average molecular weight is 274 g/mol. The van der Waals surface area contributed by atoms with Crippen molar-refractivity contribution in [3.8, 4) is 0 Å². The molecule has 0 aromatic rings. The van der Waals surface area contributed by atoms with E-state index in [9.17, 15) is 9.90 Å². The molecule has 0 bridgehead atoms. The first-order chi connectivity index (χ1) is 8.68. The number of carbonyl (C=O) groups excluding carboxylic acids is 1. The Balaban J connectivity index is 2.86. The van der Waals surface area contributed by atoms with Gasteiger partial charge in [0.2, 0.25) is 0 Å². The molecule has 0 aromatic carbocycles. The maximum Gasteiger partial charge on any atom is 0.408 e. The van der Waals surface area contributed by atoms with Crippen molar-refractivity contribution in [2.45, 2.75) is 45.3 Å². The molecule has 1 saturated heterocycles. The van der Waals surface area contributed by atoms with E-state index in [1.54, 1.807) is 20.8 Å². The summed E-state index contributed by atoms with van der Waals surface area (Å²) in [7, 11) is 0. The summed E-state index contributed by atoms with van der Waals surface area (Å²) in [5.41, 5.74) is 3.89. The molecule has 1 amide bonds. The van der Waals surface area contributed by atoms with E-state index < -0.39 is 22.6 Å². The summed E-state index contributed by atoms with van der Waals surface area (Å²) in [6.07, 6.45) is 0.103. The van der Waals surface area contributed by atoms with E-state index in [-0.39, 0.29) is 13.2 Å². The largest absolute Gasteiger partial charge is 0.444 e. The lowest BCUT2D eigenvalue weighted by atomic mass is 9.70. The molecule has 0 aromatic heterocycles. The molecule has 2 unspecified atom stereocenters. The van der Waals surface area contributed by atoms with E-state index in [1.165, 1.54) is 0 Å². The molecule has 1 rings (SSSR count). The van der Waals surface area contributed by atoms with E-state index in [4.69, 9.17) is 15.2 Å². The summed E-state index contributed by atoms with van der Waals surface area (Å²) < 4.78 is 10.7. The van der Waals surface area contributed by atoms with Crippen molar-refractivity contribution < 1.29 is 19.4 Å². The third-order valence-corrected chi connectivity index (χ3v) is 3.72. The van der Waals surface area contributed by atoms with Crippen LogP contribution in [0.1, 0.15) is 34.1 Å². The number of hydrogen-bond donors (Lipinski definition) is 3. The summed E-state index contributed by atoms with van der Waals surface area (Å²) in [5.74, 6) is 0. The van der Waals surface area contributed by atoms with Gasteiger partial charge in [-0.25, -0.2) is 4.79 Å². The molecule has 6 heteroatoms. The maximum atomic E-state index is 12.0. The van der Waals surface area contributed by atoms with E-state index >= 15 is 0 Å². The number of aliphatic hydroxyl groups is 1. The van der Waals surface area contributed by atoms with Crippen LogP contribution in [0.25, 0.3) is 0 Å². The molecule has 0 saturated carbocycles. The van der Waals surface area contributed by atoms with Gasteiger partial charge in [-0.2, -0.15) is 0 Å². The smallest absolute Gasteiger partial charge is 0.408 e. The van der Waals surface area contributed by atoms with Gasteiger partial charge in [0, 0.05) is 18.6 Å². The van der Waals surface area contributed by atoms with Crippen molar-refractivity contribution in [2.24, 2.45) is 11.1 Å². The molecule has 1 heterocycles. The first-order valence-corrected chi connectivity index (χ1v) is 6.58. The fourth-order valence-electron chi connectivity index (χ4n) is 2.20. The summed E-state index contributed by atoms with van der Waals surface area (Å²) in [6.45, 7) is 8.26. The van der Waals surface area contributed by atoms with Gasteiger partial charge < -0.3 is 25.6 Å². The second kappa shape index (κ2) is 5.64. The second-order valence-electron chi connectivity index (χ2n) is 6.43. The van der Waals surface area contributed by atoms with Crippen molar-refractivity contribution >= 4 is 6.09 Å². The van der Waals surface area contributed by atoms with Crippen molar-refractivity contribution in [3.05, 3.63) is 0 Å². The Bertz CT molecular complexity index is 315. The van der Waals surface area contributed by atoms with E-state index in [0.29, 0.717) is 19.6 Å². The standard InChI is InChI=1S/C13H26N2O4/c1-11(2,3)19-10(17)15-13(5-6-18-9-13)12(4,7-14)8-16/h16H,5-9,14H2,1-4H3,(H,15,17). The fraction of sp³-hybridized carbons (Fsp3) is 0.923. The molecule has 4 N–H and O–H groups in total. The van der Waals surface area contributed by atoms with Gasteiger partial charge in [0.05, 0.1) is 18.8 Å². The van der Waals surface area contributed by atoms with Crippen molar-refractivity contribution in [3.63, 3.8) is 0 Å². The fourth-order valence-corrected chi connectivity index (χ4v) is 2.20. The van der Waals surface area contributed by atoms with Crippen molar-refractivity contribution in [1.29, 1.82) is 0 Å². The van der Waals surface area contributed by atoms with Crippen molar-refractivity contribution in [1.82, 2.24) is 5.32 Å². The summed E-state index contributed by atoms with van der Waals surface area (Å²) in [6, 6.07) is 0. The third kappa shape index (κ3) is 3.58. The van der Waals surface area contributed by atoms with Gasteiger partial charge in [-0.05, 0) is 27.2 Å². The molecule has 19 heavy (non-hydrogen) atoms. The van der Waals surface area contributed by atoms with Crippen LogP contribution in [0.3, 0.4) is 0 Å². The zero-order valence-corrected chi connectivity index (χ0v) is 12.3. The molecule has 0 radical (unpaired) electrons. The normalized spacial score (nSPS) is 26.8. The second-order valence-corrected chi connectivity index (χ2v) is 6.43. The Morgan fingerprint density at radius 3 is 2.47 bits per heavy atom. The van der Waals surface area contributed by atoms with Crippen LogP contribution in [0.4, 0.5) is 4.79 Å². The van der Waals surface area contributed by atoms with E-state index in [1.807, 2.05) is 6.92 Å². The third-order valence-electron chi connectivity index (χ3n) is 3.72. The highest BCUT2D eigenvalue weighted by molar-refractivity contribution is 5.69. The van der Waals surface area contributed by atoms with Crippen LogP contribution < -0.4 is 11.1 Å². The first-order valence-electron chi connectivity index (χ1n) is 6.58. The molecular weight excluding hydrogens is 248 g/mol. The molecule has 0 spiro atoms. The highest BCUT2D eigenvalue weighted by Crippen LogP contribution is 2.37. The quantitative estimate of drug-likeness (QED) is 0.699.